The zero-order valence-corrected chi connectivity index (χ0v) is 10.0. The van der Waals surface area contributed by atoms with Crippen LogP contribution in [0.5, 0.6) is 0 Å². The van der Waals surface area contributed by atoms with E-state index in [0.717, 1.165) is 11.5 Å². The third-order valence-electron chi connectivity index (χ3n) is 2.01. The largest absolute Gasteiger partial charge is 0.361 e. The Morgan fingerprint density at radius 3 is 2.81 bits per heavy atom. The summed E-state index contributed by atoms with van der Waals surface area (Å²) in [5.41, 5.74) is 0.863. The lowest BCUT2D eigenvalue weighted by Gasteiger charge is -2.08. The maximum absolute atomic E-state index is 11.3. The summed E-state index contributed by atoms with van der Waals surface area (Å²) in [6, 6.07) is 1.74. The molecule has 0 fully saturated rings. The van der Waals surface area contributed by atoms with E-state index in [1.165, 1.54) is 0 Å². The Bertz CT molecular complexity index is 334. The second kappa shape index (κ2) is 6.15. The number of aryl methyl sites for hydroxylation is 1. The van der Waals surface area contributed by atoms with Crippen molar-refractivity contribution in [1.82, 2.24) is 15.8 Å². The van der Waals surface area contributed by atoms with E-state index in [1.807, 2.05) is 13.0 Å². The highest BCUT2D eigenvalue weighted by Crippen LogP contribution is 2.01. The summed E-state index contributed by atoms with van der Waals surface area (Å²) in [6.45, 7) is 7.21. The fourth-order valence-corrected chi connectivity index (χ4v) is 1.20. The van der Waals surface area contributed by atoms with Crippen LogP contribution in [-0.4, -0.2) is 24.3 Å². The number of urea groups is 1. The standard InChI is InChI=1S/C11H19N3O2/c1-8(2)7-13-11(15)12-5-4-10-6-9(3)16-14-10/h6,8H,4-5,7H2,1-3H3,(H2,12,13,15). The quantitative estimate of drug-likeness (QED) is 0.797. The van der Waals surface area contributed by atoms with Crippen LogP contribution in [0.15, 0.2) is 10.6 Å². The molecular weight excluding hydrogens is 206 g/mol. The van der Waals surface area contributed by atoms with Crippen LogP contribution in [0.25, 0.3) is 0 Å². The average molecular weight is 225 g/mol. The Morgan fingerprint density at radius 1 is 1.50 bits per heavy atom. The Labute approximate surface area is 95.6 Å². The van der Waals surface area contributed by atoms with Crippen LogP contribution in [0.3, 0.4) is 0 Å². The van der Waals surface area contributed by atoms with Crippen molar-refractivity contribution in [3.63, 3.8) is 0 Å². The van der Waals surface area contributed by atoms with E-state index in [4.69, 9.17) is 4.52 Å². The number of amides is 2. The lowest BCUT2D eigenvalue weighted by atomic mass is 10.2. The fourth-order valence-electron chi connectivity index (χ4n) is 1.20. The monoisotopic (exact) mass is 225 g/mol. The van der Waals surface area contributed by atoms with Gasteiger partial charge in [0.1, 0.15) is 5.76 Å². The topological polar surface area (TPSA) is 67.2 Å². The van der Waals surface area contributed by atoms with E-state index in [0.29, 0.717) is 25.4 Å². The number of nitrogens with one attached hydrogen (secondary N) is 2. The average Bonchev–Trinajstić information content (AvgIpc) is 2.61. The van der Waals surface area contributed by atoms with Crippen molar-refractivity contribution < 1.29 is 9.32 Å². The third-order valence-corrected chi connectivity index (χ3v) is 2.01. The molecule has 1 heterocycles. The summed E-state index contributed by atoms with van der Waals surface area (Å²) in [6.07, 6.45) is 0.687. The molecule has 5 nitrogen and oxygen atoms in total. The van der Waals surface area contributed by atoms with Crippen LogP contribution >= 0.6 is 0 Å². The summed E-state index contributed by atoms with van der Waals surface area (Å²) in [4.78, 5) is 11.3. The molecule has 0 spiro atoms. The van der Waals surface area contributed by atoms with Crippen molar-refractivity contribution >= 4 is 6.03 Å². The van der Waals surface area contributed by atoms with E-state index in [2.05, 4.69) is 29.6 Å². The molecule has 90 valence electrons. The lowest BCUT2D eigenvalue weighted by molar-refractivity contribution is 0.239. The molecule has 0 saturated heterocycles. The molecule has 0 aromatic carbocycles. The molecule has 0 unspecified atom stereocenters. The van der Waals surface area contributed by atoms with Gasteiger partial charge in [0.15, 0.2) is 0 Å². The first-order chi connectivity index (χ1) is 7.58. The summed E-state index contributed by atoms with van der Waals surface area (Å²) in [7, 11) is 0. The molecule has 1 rings (SSSR count). The Hall–Kier alpha value is -1.52. The van der Waals surface area contributed by atoms with Crippen molar-refractivity contribution in [2.45, 2.75) is 27.2 Å². The normalized spacial score (nSPS) is 10.5. The van der Waals surface area contributed by atoms with Gasteiger partial charge in [-0.3, -0.25) is 0 Å². The van der Waals surface area contributed by atoms with E-state index in [9.17, 15) is 4.79 Å². The van der Waals surface area contributed by atoms with Gasteiger partial charge in [0.05, 0.1) is 5.69 Å². The Morgan fingerprint density at radius 2 is 2.25 bits per heavy atom. The van der Waals surface area contributed by atoms with Crippen LogP contribution in [0, 0.1) is 12.8 Å². The van der Waals surface area contributed by atoms with Gasteiger partial charge in [-0.2, -0.15) is 0 Å². The van der Waals surface area contributed by atoms with Gasteiger partial charge < -0.3 is 15.2 Å². The van der Waals surface area contributed by atoms with Crippen molar-refractivity contribution in [2.24, 2.45) is 5.92 Å². The lowest BCUT2D eigenvalue weighted by Crippen LogP contribution is -2.38. The van der Waals surface area contributed by atoms with Crippen molar-refractivity contribution in [3.8, 4) is 0 Å². The van der Waals surface area contributed by atoms with Crippen LogP contribution in [0.4, 0.5) is 4.79 Å². The van der Waals surface area contributed by atoms with Gasteiger partial charge in [-0.25, -0.2) is 4.79 Å². The second-order valence-corrected chi connectivity index (χ2v) is 4.21. The molecule has 0 atom stereocenters. The number of nitrogens with zero attached hydrogens (tertiary/aromatic N) is 1. The molecule has 2 N–H and O–H groups in total. The van der Waals surface area contributed by atoms with Crippen LogP contribution in [0.1, 0.15) is 25.3 Å². The summed E-state index contributed by atoms with van der Waals surface area (Å²) in [5, 5.41) is 9.38. The van der Waals surface area contributed by atoms with Gasteiger partial charge >= 0.3 is 6.03 Å². The Balaban J connectivity index is 2.13. The molecule has 16 heavy (non-hydrogen) atoms. The molecular formula is C11H19N3O2. The van der Waals surface area contributed by atoms with Crippen molar-refractivity contribution in [2.75, 3.05) is 13.1 Å². The van der Waals surface area contributed by atoms with Gasteiger partial charge in [0.2, 0.25) is 0 Å². The summed E-state index contributed by atoms with van der Waals surface area (Å²) < 4.78 is 4.92. The van der Waals surface area contributed by atoms with Crippen LogP contribution in [-0.2, 0) is 6.42 Å². The summed E-state index contributed by atoms with van der Waals surface area (Å²) >= 11 is 0. The van der Waals surface area contributed by atoms with E-state index < -0.39 is 0 Å². The summed E-state index contributed by atoms with van der Waals surface area (Å²) in [5.74, 6) is 1.25. The first-order valence-electron chi connectivity index (χ1n) is 5.52. The van der Waals surface area contributed by atoms with Gasteiger partial charge in [-0.1, -0.05) is 19.0 Å². The minimum atomic E-state index is -0.131. The number of carbonyl (C=O) groups excluding carboxylic acids is 1. The van der Waals surface area contributed by atoms with Crippen molar-refractivity contribution in [1.29, 1.82) is 0 Å². The predicted octanol–water partition coefficient (Wildman–Crippen LogP) is 1.48. The highest BCUT2D eigenvalue weighted by Gasteiger charge is 2.03. The number of aromatic nitrogens is 1. The maximum Gasteiger partial charge on any atom is 0.314 e. The highest BCUT2D eigenvalue weighted by molar-refractivity contribution is 5.73. The fraction of sp³-hybridized carbons (Fsp3) is 0.636. The number of hydrogen-bond acceptors (Lipinski definition) is 3. The second-order valence-electron chi connectivity index (χ2n) is 4.21. The van der Waals surface area contributed by atoms with E-state index in [-0.39, 0.29) is 6.03 Å². The molecule has 0 bridgehead atoms. The zero-order chi connectivity index (χ0) is 12.0. The van der Waals surface area contributed by atoms with Crippen LogP contribution in [0.2, 0.25) is 0 Å². The molecule has 0 saturated carbocycles. The van der Waals surface area contributed by atoms with E-state index in [1.54, 1.807) is 0 Å². The van der Waals surface area contributed by atoms with Gasteiger partial charge in [-0.05, 0) is 12.8 Å². The predicted molar refractivity (Wildman–Crippen MR) is 61.2 cm³/mol. The molecule has 0 aliphatic carbocycles. The molecule has 1 aromatic heterocycles. The first-order valence-corrected chi connectivity index (χ1v) is 5.52. The third kappa shape index (κ3) is 4.82. The molecule has 1 aromatic rings. The van der Waals surface area contributed by atoms with Crippen LogP contribution < -0.4 is 10.6 Å². The van der Waals surface area contributed by atoms with Gasteiger partial charge in [-0.15, -0.1) is 0 Å². The first kappa shape index (κ1) is 12.5. The van der Waals surface area contributed by atoms with Gasteiger partial charge in [0.25, 0.3) is 0 Å². The van der Waals surface area contributed by atoms with Crippen molar-refractivity contribution in [3.05, 3.63) is 17.5 Å². The molecule has 0 radical (unpaired) electrons. The number of rotatable bonds is 5. The zero-order valence-electron chi connectivity index (χ0n) is 10.0. The number of hydrogen-bond donors (Lipinski definition) is 2. The minimum absolute atomic E-state index is 0.131. The highest BCUT2D eigenvalue weighted by atomic mass is 16.5. The molecule has 0 aliphatic heterocycles. The smallest absolute Gasteiger partial charge is 0.314 e. The Kier molecular flexibility index (Phi) is 4.82. The molecule has 2 amide bonds. The SMILES string of the molecule is Cc1cc(CCNC(=O)NCC(C)C)no1. The number of carbonyl (C=O) groups is 1. The molecule has 5 heteroatoms. The van der Waals surface area contributed by atoms with Gasteiger partial charge in [0, 0.05) is 25.6 Å². The van der Waals surface area contributed by atoms with E-state index >= 15 is 0 Å². The molecule has 0 aliphatic rings. The minimum Gasteiger partial charge on any atom is -0.361 e. The maximum atomic E-state index is 11.3.